The zero-order valence-electron chi connectivity index (χ0n) is 15.4. The molecule has 4 rings (SSSR count). The Hall–Kier alpha value is -2.45. The highest BCUT2D eigenvalue weighted by molar-refractivity contribution is 7.99. The van der Waals surface area contributed by atoms with E-state index in [-0.39, 0.29) is 16.4 Å². The third-order valence-corrected chi connectivity index (χ3v) is 6.92. The van der Waals surface area contributed by atoms with Gasteiger partial charge < -0.3 is 4.98 Å². The molecule has 0 amide bonds. The Kier molecular flexibility index (Phi) is 4.39. The van der Waals surface area contributed by atoms with E-state index >= 15 is 0 Å². The maximum Gasteiger partial charge on any atom is 0.262 e. The van der Waals surface area contributed by atoms with E-state index in [9.17, 15) is 9.59 Å². The van der Waals surface area contributed by atoms with Crippen molar-refractivity contribution < 1.29 is 0 Å². The van der Waals surface area contributed by atoms with E-state index in [0.717, 1.165) is 15.3 Å². The van der Waals surface area contributed by atoms with E-state index in [1.807, 2.05) is 39.0 Å². The van der Waals surface area contributed by atoms with Gasteiger partial charge in [0.2, 0.25) is 0 Å². The first-order valence-corrected chi connectivity index (χ1v) is 10.2. The first-order valence-electron chi connectivity index (χ1n) is 8.49. The molecule has 0 spiro atoms. The van der Waals surface area contributed by atoms with Crippen LogP contribution in [0.15, 0.2) is 39.0 Å². The molecular formula is C19H18N4O2S2. The number of fused-ring (bicyclic) bond motifs is 2. The number of aryl methyl sites for hydroxylation is 2. The number of nitrogens with one attached hydrogen (secondary N) is 1. The standard InChI is InChI=1S/C19H18N4O2S2/c1-9-10(2)26-17-14(9)18(25)23(4)19(22-17)27-11(3)15-20-13-8-6-5-7-12(13)16(24)21-15/h5-8,11H,1-4H3,(H,20,21,24)/t11-/m1/s1. The van der Waals surface area contributed by atoms with E-state index in [1.54, 1.807) is 17.7 Å². The topological polar surface area (TPSA) is 80.6 Å². The Morgan fingerprint density at radius 1 is 1.19 bits per heavy atom. The van der Waals surface area contributed by atoms with Crippen molar-refractivity contribution in [3.63, 3.8) is 0 Å². The number of H-pyrrole nitrogens is 1. The summed E-state index contributed by atoms with van der Waals surface area (Å²) in [4.78, 5) is 39.1. The molecule has 27 heavy (non-hydrogen) atoms. The molecule has 0 aliphatic carbocycles. The lowest BCUT2D eigenvalue weighted by Gasteiger charge is -2.13. The molecule has 0 fully saturated rings. The third-order valence-electron chi connectivity index (χ3n) is 4.67. The molecule has 3 aromatic heterocycles. The quantitative estimate of drug-likeness (QED) is 0.420. The van der Waals surface area contributed by atoms with Crippen LogP contribution in [-0.4, -0.2) is 19.5 Å². The largest absolute Gasteiger partial charge is 0.309 e. The van der Waals surface area contributed by atoms with E-state index in [4.69, 9.17) is 4.98 Å². The van der Waals surface area contributed by atoms with Gasteiger partial charge in [0.15, 0.2) is 5.16 Å². The second-order valence-electron chi connectivity index (χ2n) is 6.45. The zero-order valence-corrected chi connectivity index (χ0v) is 17.0. The minimum atomic E-state index is -0.167. The molecule has 0 saturated carbocycles. The number of nitrogens with zero attached hydrogens (tertiary/aromatic N) is 3. The molecule has 8 heteroatoms. The average Bonchev–Trinajstić information content (AvgIpc) is 2.93. The molecule has 138 valence electrons. The van der Waals surface area contributed by atoms with E-state index < -0.39 is 0 Å². The van der Waals surface area contributed by atoms with Crippen LogP contribution >= 0.6 is 23.1 Å². The van der Waals surface area contributed by atoms with Crippen LogP contribution in [0.1, 0.15) is 28.4 Å². The number of thioether (sulfide) groups is 1. The van der Waals surface area contributed by atoms with Crippen LogP contribution in [0.4, 0.5) is 0 Å². The normalized spacial score (nSPS) is 12.7. The Morgan fingerprint density at radius 3 is 2.70 bits per heavy atom. The molecule has 4 aromatic rings. The van der Waals surface area contributed by atoms with Gasteiger partial charge in [-0.2, -0.15) is 0 Å². The molecule has 3 heterocycles. The van der Waals surface area contributed by atoms with Gasteiger partial charge in [-0.3, -0.25) is 14.2 Å². The maximum atomic E-state index is 12.8. The molecular weight excluding hydrogens is 380 g/mol. The molecule has 0 saturated heterocycles. The van der Waals surface area contributed by atoms with Crippen LogP contribution in [-0.2, 0) is 7.05 Å². The lowest BCUT2D eigenvalue weighted by Crippen LogP contribution is -2.20. The molecule has 0 aliphatic heterocycles. The summed E-state index contributed by atoms with van der Waals surface area (Å²) in [6.07, 6.45) is 0. The summed E-state index contributed by atoms with van der Waals surface area (Å²) in [7, 11) is 1.73. The first-order chi connectivity index (χ1) is 12.9. The van der Waals surface area contributed by atoms with Gasteiger partial charge in [0.05, 0.1) is 21.5 Å². The van der Waals surface area contributed by atoms with Crippen molar-refractivity contribution in [1.82, 2.24) is 19.5 Å². The van der Waals surface area contributed by atoms with Crippen molar-refractivity contribution >= 4 is 44.2 Å². The fourth-order valence-corrected chi connectivity index (χ4v) is 4.97. The fraction of sp³-hybridized carbons (Fsp3) is 0.263. The molecule has 1 aromatic carbocycles. The van der Waals surface area contributed by atoms with Crippen LogP contribution in [0, 0.1) is 13.8 Å². The van der Waals surface area contributed by atoms with Gasteiger partial charge in [0.25, 0.3) is 11.1 Å². The van der Waals surface area contributed by atoms with Gasteiger partial charge in [-0.15, -0.1) is 11.3 Å². The Bertz CT molecular complexity index is 1300. The highest BCUT2D eigenvalue weighted by atomic mass is 32.2. The maximum absolute atomic E-state index is 12.8. The average molecular weight is 399 g/mol. The first kappa shape index (κ1) is 17.9. The zero-order chi connectivity index (χ0) is 19.3. The SMILES string of the molecule is Cc1sc2nc(S[C@H](C)c3nc4ccccc4c(=O)[nH]3)n(C)c(=O)c2c1C. The molecule has 0 radical (unpaired) electrons. The van der Waals surface area contributed by atoms with Crippen molar-refractivity contribution in [2.75, 3.05) is 0 Å². The van der Waals surface area contributed by atoms with Crippen molar-refractivity contribution in [3.05, 3.63) is 61.2 Å². The Labute approximate surface area is 163 Å². The fourth-order valence-electron chi connectivity index (χ4n) is 2.97. The van der Waals surface area contributed by atoms with E-state index in [0.29, 0.717) is 27.3 Å². The number of hydrogen-bond acceptors (Lipinski definition) is 6. The second-order valence-corrected chi connectivity index (χ2v) is 8.96. The summed E-state index contributed by atoms with van der Waals surface area (Å²) in [6.45, 7) is 5.90. The minimum absolute atomic E-state index is 0.0449. The van der Waals surface area contributed by atoms with Gasteiger partial charge in [-0.1, -0.05) is 23.9 Å². The van der Waals surface area contributed by atoms with Crippen molar-refractivity contribution in [2.45, 2.75) is 31.2 Å². The molecule has 1 atom stereocenters. The van der Waals surface area contributed by atoms with Crippen molar-refractivity contribution in [1.29, 1.82) is 0 Å². The van der Waals surface area contributed by atoms with Gasteiger partial charge in [-0.05, 0) is 38.5 Å². The number of para-hydroxylation sites is 1. The van der Waals surface area contributed by atoms with Gasteiger partial charge in [0.1, 0.15) is 10.7 Å². The van der Waals surface area contributed by atoms with Crippen LogP contribution in [0.2, 0.25) is 0 Å². The van der Waals surface area contributed by atoms with Crippen LogP contribution in [0.5, 0.6) is 0 Å². The Morgan fingerprint density at radius 2 is 1.93 bits per heavy atom. The van der Waals surface area contributed by atoms with Crippen LogP contribution < -0.4 is 11.1 Å². The highest BCUT2D eigenvalue weighted by Crippen LogP contribution is 2.34. The second kappa shape index (κ2) is 6.61. The summed E-state index contributed by atoms with van der Waals surface area (Å²) < 4.78 is 1.57. The molecule has 0 aliphatic rings. The van der Waals surface area contributed by atoms with Gasteiger partial charge >= 0.3 is 0 Å². The lowest BCUT2D eigenvalue weighted by atomic mass is 10.2. The van der Waals surface area contributed by atoms with Gasteiger partial charge in [0, 0.05) is 11.9 Å². The third kappa shape index (κ3) is 2.98. The molecule has 0 bridgehead atoms. The van der Waals surface area contributed by atoms with E-state index in [1.165, 1.54) is 23.1 Å². The monoisotopic (exact) mass is 398 g/mol. The minimum Gasteiger partial charge on any atom is -0.309 e. The number of benzene rings is 1. The van der Waals surface area contributed by atoms with E-state index in [2.05, 4.69) is 9.97 Å². The molecule has 6 nitrogen and oxygen atoms in total. The number of aromatic amines is 1. The van der Waals surface area contributed by atoms with Crippen LogP contribution in [0.25, 0.3) is 21.1 Å². The van der Waals surface area contributed by atoms with Crippen molar-refractivity contribution in [3.8, 4) is 0 Å². The lowest BCUT2D eigenvalue weighted by molar-refractivity contribution is 0.723. The predicted octanol–water partition coefficient (Wildman–Crippen LogP) is 3.70. The van der Waals surface area contributed by atoms with Crippen molar-refractivity contribution in [2.24, 2.45) is 7.05 Å². The van der Waals surface area contributed by atoms with Crippen LogP contribution in [0.3, 0.4) is 0 Å². The molecule has 0 unspecified atom stereocenters. The summed E-state index contributed by atoms with van der Waals surface area (Å²) in [5.74, 6) is 0.566. The summed E-state index contributed by atoms with van der Waals surface area (Å²) in [6, 6.07) is 7.25. The highest BCUT2D eigenvalue weighted by Gasteiger charge is 2.19. The Balaban J connectivity index is 1.77. The summed E-state index contributed by atoms with van der Waals surface area (Å²) in [5.41, 5.74) is 1.44. The smallest absolute Gasteiger partial charge is 0.262 e. The summed E-state index contributed by atoms with van der Waals surface area (Å²) >= 11 is 2.94. The number of hydrogen-bond donors (Lipinski definition) is 1. The van der Waals surface area contributed by atoms with Gasteiger partial charge in [-0.25, -0.2) is 9.97 Å². The predicted molar refractivity (Wildman–Crippen MR) is 111 cm³/mol. The number of thiophene rings is 1. The number of rotatable bonds is 3. The molecule has 1 N–H and O–H groups in total. The number of aromatic nitrogens is 4. The summed E-state index contributed by atoms with van der Waals surface area (Å²) in [5, 5.41) is 1.70.